The number of nitrogens with zero attached hydrogens (tertiary/aromatic N) is 1. The van der Waals surface area contributed by atoms with E-state index in [0.717, 1.165) is 46.0 Å². The number of ether oxygens (including phenoxy) is 2. The largest absolute Gasteiger partial charge is 0.462 e. The number of aryl methyl sites for hydroxylation is 1. The van der Waals surface area contributed by atoms with Crippen molar-refractivity contribution in [3.8, 4) is 11.1 Å². The van der Waals surface area contributed by atoms with Crippen LogP contribution in [0.2, 0.25) is 5.02 Å². The maximum atomic E-state index is 12.6. The summed E-state index contributed by atoms with van der Waals surface area (Å²) in [4.78, 5) is 17.2. The molecule has 0 bridgehead atoms. The van der Waals surface area contributed by atoms with Crippen molar-refractivity contribution in [2.75, 3.05) is 18.6 Å². The highest BCUT2D eigenvalue weighted by Crippen LogP contribution is 2.39. The molecule has 0 saturated carbocycles. The first-order chi connectivity index (χ1) is 16.2. The van der Waals surface area contributed by atoms with Gasteiger partial charge in [0, 0.05) is 17.0 Å². The Kier molecular flexibility index (Phi) is 8.52. The Hall–Kier alpha value is -2.67. The third kappa shape index (κ3) is 6.06. The number of hydrazine groups is 1. The predicted molar refractivity (Wildman–Crippen MR) is 139 cm³/mol. The van der Waals surface area contributed by atoms with Gasteiger partial charge in [-0.05, 0) is 86.7 Å². The lowest BCUT2D eigenvalue weighted by atomic mass is 9.88. The van der Waals surface area contributed by atoms with E-state index in [9.17, 15) is 4.79 Å². The van der Waals surface area contributed by atoms with Crippen molar-refractivity contribution in [1.82, 2.24) is 4.98 Å². The molecule has 2 aromatic carbocycles. The number of halogens is 1. The number of hydrogen-bond donors (Lipinski definition) is 2. The maximum absolute atomic E-state index is 12.6. The number of rotatable bonds is 9. The van der Waals surface area contributed by atoms with Gasteiger partial charge in [0.15, 0.2) is 0 Å². The molecule has 7 heteroatoms. The van der Waals surface area contributed by atoms with E-state index in [-0.39, 0.29) is 12.6 Å². The molecule has 0 spiro atoms. The lowest BCUT2D eigenvalue weighted by Gasteiger charge is -2.26. The quantitative estimate of drug-likeness (QED) is 0.154. The molecule has 1 heterocycles. The molecule has 1 aromatic heterocycles. The predicted octanol–water partition coefficient (Wildman–Crippen LogP) is 6.60. The fourth-order valence-electron chi connectivity index (χ4n) is 3.80. The minimum Gasteiger partial charge on any atom is -0.462 e. The number of carbonyl (C=O) groups is 1. The van der Waals surface area contributed by atoms with Crippen molar-refractivity contribution in [2.24, 2.45) is 11.3 Å². The van der Waals surface area contributed by atoms with Crippen molar-refractivity contribution in [2.45, 2.75) is 53.6 Å². The second-order valence-electron chi connectivity index (χ2n) is 9.46. The number of nitrogens with two attached hydrogens (primary N) is 1. The zero-order valence-electron chi connectivity index (χ0n) is 20.6. The van der Waals surface area contributed by atoms with Crippen LogP contribution in [0.1, 0.15) is 57.8 Å². The smallest absolute Gasteiger partial charge is 0.311 e. The third-order valence-electron chi connectivity index (χ3n) is 5.64. The Balaban J connectivity index is 2.19. The molecule has 182 valence electrons. The Morgan fingerprint density at radius 1 is 1.18 bits per heavy atom. The van der Waals surface area contributed by atoms with Gasteiger partial charge in [-0.1, -0.05) is 37.1 Å². The molecule has 3 aromatic rings. The third-order valence-corrected chi connectivity index (χ3v) is 5.89. The van der Waals surface area contributed by atoms with E-state index in [2.05, 4.69) is 17.3 Å². The van der Waals surface area contributed by atoms with E-state index in [4.69, 9.17) is 26.9 Å². The van der Waals surface area contributed by atoms with Crippen LogP contribution in [0.3, 0.4) is 0 Å². The van der Waals surface area contributed by atoms with E-state index in [1.165, 1.54) is 0 Å². The summed E-state index contributed by atoms with van der Waals surface area (Å²) >= 11 is 6.19. The van der Waals surface area contributed by atoms with Crippen molar-refractivity contribution < 1.29 is 14.3 Å². The number of nitrogen functional groups attached to an aromatic ring is 1. The molecule has 3 N–H and O–H groups in total. The number of hydrogen-bond acceptors (Lipinski definition) is 6. The number of esters is 1. The fourth-order valence-corrected chi connectivity index (χ4v) is 3.92. The molecule has 34 heavy (non-hydrogen) atoms. The van der Waals surface area contributed by atoms with Crippen LogP contribution in [-0.4, -0.2) is 24.2 Å². The normalized spacial score (nSPS) is 12.6. The number of aromatic nitrogens is 1. The van der Waals surface area contributed by atoms with Gasteiger partial charge in [-0.25, -0.2) is 10.8 Å². The van der Waals surface area contributed by atoms with Crippen LogP contribution >= 0.6 is 11.6 Å². The van der Waals surface area contributed by atoms with E-state index in [1.54, 1.807) is 0 Å². The topological polar surface area (TPSA) is 86.5 Å². The van der Waals surface area contributed by atoms with Crippen LogP contribution in [0.5, 0.6) is 0 Å². The van der Waals surface area contributed by atoms with Crippen LogP contribution in [-0.2, 0) is 14.3 Å². The number of fused-ring (bicyclic) bond motifs is 1. The molecule has 0 aliphatic carbocycles. The van der Waals surface area contributed by atoms with Gasteiger partial charge in [-0.2, -0.15) is 0 Å². The molecule has 1 unspecified atom stereocenters. The van der Waals surface area contributed by atoms with E-state index in [0.29, 0.717) is 17.4 Å². The Morgan fingerprint density at radius 2 is 1.88 bits per heavy atom. The second kappa shape index (κ2) is 11.2. The summed E-state index contributed by atoms with van der Waals surface area (Å²) < 4.78 is 12.1. The van der Waals surface area contributed by atoms with Crippen LogP contribution < -0.4 is 11.3 Å². The standard InChI is InChI=1S/C27H34ClN3O3/c1-6-7-14-33-22(16-34-26(32)27(3,4)5)24-17(2)15-21-20(12-13-23(30-21)31-29)25(24)18-8-10-19(28)11-9-18/h8-13,15,22H,6-7,14,16,29H2,1-5H3,(H,30,31). The van der Waals surface area contributed by atoms with Gasteiger partial charge in [0.2, 0.25) is 0 Å². The molecule has 0 fully saturated rings. The summed E-state index contributed by atoms with van der Waals surface area (Å²) in [7, 11) is 0. The van der Waals surface area contributed by atoms with Gasteiger partial charge in [-0.15, -0.1) is 0 Å². The molecular weight excluding hydrogens is 450 g/mol. The van der Waals surface area contributed by atoms with Crippen molar-refractivity contribution >= 4 is 34.3 Å². The van der Waals surface area contributed by atoms with E-state index < -0.39 is 11.5 Å². The SMILES string of the molecule is CCCCOC(COC(=O)C(C)(C)C)c1c(C)cc2nc(NN)ccc2c1-c1ccc(Cl)cc1. The summed E-state index contributed by atoms with van der Waals surface area (Å²) in [6.07, 6.45) is 1.49. The number of benzene rings is 2. The van der Waals surface area contributed by atoms with Gasteiger partial charge in [-0.3, -0.25) is 4.79 Å². The average molecular weight is 484 g/mol. The molecule has 3 rings (SSSR count). The van der Waals surface area contributed by atoms with Crippen LogP contribution in [0, 0.1) is 12.3 Å². The first kappa shape index (κ1) is 25.9. The Labute approximate surface area is 206 Å². The minimum absolute atomic E-state index is 0.128. The first-order valence-electron chi connectivity index (χ1n) is 11.6. The maximum Gasteiger partial charge on any atom is 0.311 e. The van der Waals surface area contributed by atoms with Gasteiger partial charge in [0.25, 0.3) is 0 Å². The number of anilines is 1. The zero-order valence-corrected chi connectivity index (χ0v) is 21.3. The molecule has 0 aliphatic rings. The Morgan fingerprint density at radius 3 is 2.50 bits per heavy atom. The number of nitrogens with one attached hydrogen (secondary N) is 1. The molecule has 0 amide bonds. The van der Waals surface area contributed by atoms with Crippen molar-refractivity contribution in [3.63, 3.8) is 0 Å². The molecule has 1 atom stereocenters. The number of pyridine rings is 1. The van der Waals surface area contributed by atoms with Crippen molar-refractivity contribution in [3.05, 3.63) is 58.6 Å². The fraction of sp³-hybridized carbons (Fsp3) is 0.407. The summed E-state index contributed by atoms with van der Waals surface area (Å²) in [6, 6.07) is 13.6. The minimum atomic E-state index is -0.596. The monoisotopic (exact) mass is 483 g/mol. The van der Waals surface area contributed by atoms with Gasteiger partial charge >= 0.3 is 5.97 Å². The molecular formula is C27H34ClN3O3. The molecule has 6 nitrogen and oxygen atoms in total. The summed E-state index contributed by atoms with van der Waals surface area (Å²) in [5.74, 6) is 5.92. The molecule has 0 radical (unpaired) electrons. The zero-order chi connectivity index (χ0) is 24.9. The van der Waals surface area contributed by atoms with Crippen LogP contribution in [0.25, 0.3) is 22.0 Å². The number of carbonyl (C=O) groups excluding carboxylic acids is 1. The van der Waals surface area contributed by atoms with Crippen LogP contribution in [0.15, 0.2) is 42.5 Å². The van der Waals surface area contributed by atoms with Crippen LogP contribution in [0.4, 0.5) is 5.82 Å². The molecule has 0 saturated heterocycles. The van der Waals surface area contributed by atoms with Gasteiger partial charge in [0.1, 0.15) is 18.5 Å². The van der Waals surface area contributed by atoms with Gasteiger partial charge in [0.05, 0.1) is 10.9 Å². The average Bonchev–Trinajstić information content (AvgIpc) is 2.80. The lowest BCUT2D eigenvalue weighted by molar-refractivity contribution is -0.157. The lowest BCUT2D eigenvalue weighted by Crippen LogP contribution is -2.26. The van der Waals surface area contributed by atoms with E-state index >= 15 is 0 Å². The van der Waals surface area contributed by atoms with E-state index in [1.807, 2.05) is 70.2 Å². The highest BCUT2D eigenvalue weighted by molar-refractivity contribution is 6.30. The van der Waals surface area contributed by atoms with Gasteiger partial charge < -0.3 is 14.9 Å². The molecule has 0 aliphatic heterocycles. The summed E-state index contributed by atoms with van der Waals surface area (Å²) in [5, 5.41) is 1.61. The van der Waals surface area contributed by atoms with Crippen molar-refractivity contribution in [1.29, 1.82) is 0 Å². The number of unbranched alkanes of at least 4 members (excludes halogenated alkanes) is 1. The summed E-state index contributed by atoms with van der Waals surface area (Å²) in [5.41, 5.74) is 6.75. The summed E-state index contributed by atoms with van der Waals surface area (Å²) in [6.45, 7) is 10.4. The highest BCUT2D eigenvalue weighted by atomic mass is 35.5. The Bertz CT molecular complexity index is 1140. The second-order valence-corrected chi connectivity index (χ2v) is 9.89. The highest BCUT2D eigenvalue weighted by Gasteiger charge is 2.28. The first-order valence-corrected chi connectivity index (χ1v) is 12.0.